The normalized spacial score (nSPS) is 22.4. The number of hydrogen-bond acceptors (Lipinski definition) is 6. The molecule has 7 heteroatoms. The van der Waals surface area contributed by atoms with E-state index < -0.39 is 24.0 Å². The molecule has 0 saturated carbocycles. The standard InChI is InChI=1S/C12H15N3O4/c1-7-4-14-9(5-13-7)11(17)15-6-8(16)3-10(15)12(18)19-2/h4-5,8,10,16H,3,6H2,1-2H3. The third-order valence-corrected chi connectivity index (χ3v) is 3.01. The number of nitrogens with zero attached hydrogens (tertiary/aromatic N) is 3. The molecule has 1 aliphatic rings. The van der Waals surface area contributed by atoms with Crippen molar-refractivity contribution in [1.29, 1.82) is 0 Å². The molecule has 1 amide bonds. The summed E-state index contributed by atoms with van der Waals surface area (Å²) in [6.07, 6.45) is 2.29. The minimum Gasteiger partial charge on any atom is -0.467 e. The number of β-amino-alcohol motifs (C(OH)–C–C–N with tert-alkyl or cyclic N) is 1. The number of methoxy groups -OCH3 is 1. The summed E-state index contributed by atoms with van der Waals surface area (Å²) in [6.45, 7) is 1.85. The Bertz CT molecular complexity index is 488. The second-order valence-corrected chi connectivity index (χ2v) is 4.43. The summed E-state index contributed by atoms with van der Waals surface area (Å²) >= 11 is 0. The minimum absolute atomic E-state index is 0.0914. The number of carbonyl (C=O) groups is 2. The number of rotatable bonds is 2. The van der Waals surface area contributed by atoms with Crippen LogP contribution in [0.3, 0.4) is 0 Å². The van der Waals surface area contributed by atoms with Crippen LogP contribution in [0, 0.1) is 6.92 Å². The molecule has 0 radical (unpaired) electrons. The highest BCUT2D eigenvalue weighted by molar-refractivity contribution is 5.95. The van der Waals surface area contributed by atoms with Gasteiger partial charge in [0.05, 0.1) is 25.1 Å². The fourth-order valence-electron chi connectivity index (χ4n) is 2.05. The van der Waals surface area contributed by atoms with Gasteiger partial charge in [-0.05, 0) is 6.92 Å². The van der Waals surface area contributed by atoms with Crippen LogP contribution in [0.1, 0.15) is 22.6 Å². The zero-order valence-corrected chi connectivity index (χ0v) is 10.7. The third-order valence-electron chi connectivity index (χ3n) is 3.01. The van der Waals surface area contributed by atoms with Gasteiger partial charge in [-0.15, -0.1) is 0 Å². The lowest BCUT2D eigenvalue weighted by Crippen LogP contribution is -2.41. The van der Waals surface area contributed by atoms with Gasteiger partial charge < -0.3 is 14.7 Å². The van der Waals surface area contributed by atoms with Gasteiger partial charge in [-0.3, -0.25) is 9.78 Å². The van der Waals surface area contributed by atoms with Crippen molar-refractivity contribution in [2.75, 3.05) is 13.7 Å². The van der Waals surface area contributed by atoms with Gasteiger partial charge in [-0.2, -0.15) is 0 Å². The van der Waals surface area contributed by atoms with Crippen molar-refractivity contribution in [1.82, 2.24) is 14.9 Å². The lowest BCUT2D eigenvalue weighted by Gasteiger charge is -2.21. The monoisotopic (exact) mass is 265 g/mol. The molecule has 2 heterocycles. The van der Waals surface area contributed by atoms with E-state index in [1.54, 1.807) is 6.92 Å². The second-order valence-electron chi connectivity index (χ2n) is 4.43. The van der Waals surface area contributed by atoms with Crippen molar-refractivity contribution < 1.29 is 19.4 Å². The molecule has 1 aromatic heterocycles. The Kier molecular flexibility index (Phi) is 3.75. The van der Waals surface area contributed by atoms with Crippen molar-refractivity contribution in [3.8, 4) is 0 Å². The first-order valence-corrected chi connectivity index (χ1v) is 5.88. The van der Waals surface area contributed by atoms with Crippen LogP contribution >= 0.6 is 0 Å². The smallest absolute Gasteiger partial charge is 0.328 e. The van der Waals surface area contributed by atoms with Crippen LogP contribution in [0.5, 0.6) is 0 Å². The molecule has 102 valence electrons. The fourth-order valence-corrected chi connectivity index (χ4v) is 2.05. The van der Waals surface area contributed by atoms with E-state index in [1.807, 2.05) is 0 Å². The van der Waals surface area contributed by atoms with Crippen LogP contribution in [0.2, 0.25) is 0 Å². The summed E-state index contributed by atoms with van der Waals surface area (Å²) in [5.74, 6) is -0.968. The van der Waals surface area contributed by atoms with E-state index >= 15 is 0 Å². The molecule has 0 bridgehead atoms. The molecule has 1 aliphatic heterocycles. The number of carbonyl (C=O) groups excluding carboxylic acids is 2. The van der Waals surface area contributed by atoms with E-state index in [1.165, 1.54) is 24.4 Å². The number of aromatic nitrogens is 2. The Labute approximate surface area is 110 Å². The van der Waals surface area contributed by atoms with Crippen LogP contribution < -0.4 is 0 Å². The number of hydrogen-bond donors (Lipinski definition) is 1. The van der Waals surface area contributed by atoms with Gasteiger partial charge in [-0.1, -0.05) is 0 Å². The zero-order chi connectivity index (χ0) is 14.0. The molecule has 7 nitrogen and oxygen atoms in total. The van der Waals surface area contributed by atoms with Gasteiger partial charge in [0.2, 0.25) is 0 Å². The first-order chi connectivity index (χ1) is 9.02. The molecule has 1 N–H and O–H groups in total. The summed E-state index contributed by atoms with van der Waals surface area (Å²) in [5.41, 5.74) is 0.844. The summed E-state index contributed by atoms with van der Waals surface area (Å²) in [6, 6.07) is -0.768. The molecule has 2 atom stereocenters. The van der Waals surface area contributed by atoms with Crippen molar-refractivity contribution in [3.05, 3.63) is 23.8 Å². The van der Waals surface area contributed by atoms with Gasteiger partial charge in [0, 0.05) is 19.2 Å². The van der Waals surface area contributed by atoms with E-state index in [2.05, 4.69) is 14.7 Å². The maximum absolute atomic E-state index is 12.2. The fraction of sp³-hybridized carbons (Fsp3) is 0.500. The van der Waals surface area contributed by atoms with E-state index in [0.717, 1.165) is 0 Å². The van der Waals surface area contributed by atoms with E-state index in [9.17, 15) is 14.7 Å². The van der Waals surface area contributed by atoms with Gasteiger partial charge in [0.1, 0.15) is 11.7 Å². The highest BCUT2D eigenvalue weighted by atomic mass is 16.5. The molecule has 1 aromatic rings. The highest BCUT2D eigenvalue weighted by Crippen LogP contribution is 2.21. The van der Waals surface area contributed by atoms with Gasteiger partial charge in [0.25, 0.3) is 5.91 Å². The Hall–Kier alpha value is -2.02. The molecule has 0 spiro atoms. The third kappa shape index (κ3) is 2.70. The number of amides is 1. The zero-order valence-electron chi connectivity index (χ0n) is 10.7. The number of aliphatic hydroxyl groups is 1. The van der Waals surface area contributed by atoms with E-state index in [4.69, 9.17) is 0 Å². The Morgan fingerprint density at radius 3 is 2.74 bits per heavy atom. The number of aryl methyl sites for hydroxylation is 1. The number of aliphatic hydroxyl groups excluding tert-OH is 1. The molecule has 1 saturated heterocycles. The molecule has 0 aromatic carbocycles. The Morgan fingerprint density at radius 1 is 1.42 bits per heavy atom. The average Bonchev–Trinajstić information content (AvgIpc) is 2.80. The van der Waals surface area contributed by atoms with Gasteiger partial charge >= 0.3 is 5.97 Å². The first-order valence-electron chi connectivity index (χ1n) is 5.88. The Balaban J connectivity index is 2.21. The molecule has 1 fully saturated rings. The summed E-state index contributed by atoms with van der Waals surface area (Å²) < 4.78 is 4.64. The van der Waals surface area contributed by atoms with Crippen LogP contribution in [0.25, 0.3) is 0 Å². The molecule has 19 heavy (non-hydrogen) atoms. The largest absolute Gasteiger partial charge is 0.467 e. The predicted molar refractivity (Wildman–Crippen MR) is 64.2 cm³/mol. The Morgan fingerprint density at radius 2 is 2.16 bits per heavy atom. The predicted octanol–water partition coefficient (Wildman–Crippen LogP) is -0.467. The maximum atomic E-state index is 12.2. The maximum Gasteiger partial charge on any atom is 0.328 e. The number of likely N-dealkylation sites (tertiary alicyclic amines) is 1. The lowest BCUT2D eigenvalue weighted by atomic mass is 10.2. The van der Waals surface area contributed by atoms with Crippen molar-refractivity contribution in [3.63, 3.8) is 0 Å². The quantitative estimate of drug-likeness (QED) is 0.727. The van der Waals surface area contributed by atoms with E-state index in [-0.39, 0.29) is 18.7 Å². The van der Waals surface area contributed by atoms with Crippen LogP contribution in [-0.4, -0.2) is 57.7 Å². The molecular weight excluding hydrogens is 250 g/mol. The van der Waals surface area contributed by atoms with Crippen LogP contribution in [-0.2, 0) is 9.53 Å². The molecule has 2 rings (SSSR count). The van der Waals surface area contributed by atoms with Crippen molar-refractivity contribution in [2.24, 2.45) is 0 Å². The van der Waals surface area contributed by atoms with Gasteiger partial charge in [-0.25, -0.2) is 9.78 Å². The van der Waals surface area contributed by atoms with Crippen molar-refractivity contribution >= 4 is 11.9 Å². The number of esters is 1. The SMILES string of the molecule is COC(=O)C1CC(O)CN1C(=O)c1cnc(C)cn1. The molecule has 0 aliphatic carbocycles. The van der Waals surface area contributed by atoms with Crippen molar-refractivity contribution in [2.45, 2.75) is 25.5 Å². The average molecular weight is 265 g/mol. The molecular formula is C12H15N3O4. The van der Waals surface area contributed by atoms with Gasteiger partial charge in [0.15, 0.2) is 0 Å². The highest BCUT2D eigenvalue weighted by Gasteiger charge is 2.40. The first kappa shape index (κ1) is 13.4. The molecule has 2 unspecified atom stereocenters. The lowest BCUT2D eigenvalue weighted by molar-refractivity contribution is -0.145. The summed E-state index contributed by atoms with van der Waals surface area (Å²) in [4.78, 5) is 33.1. The van der Waals surface area contributed by atoms with E-state index in [0.29, 0.717) is 5.69 Å². The van der Waals surface area contributed by atoms with Crippen LogP contribution in [0.4, 0.5) is 0 Å². The van der Waals surface area contributed by atoms with Crippen LogP contribution in [0.15, 0.2) is 12.4 Å². The summed E-state index contributed by atoms with van der Waals surface area (Å²) in [7, 11) is 1.25. The summed E-state index contributed by atoms with van der Waals surface area (Å²) in [5, 5.41) is 9.62. The topological polar surface area (TPSA) is 92.6 Å². The second kappa shape index (κ2) is 5.31. The number of ether oxygens (including phenoxy) is 1. The minimum atomic E-state index is -0.768.